The Kier molecular flexibility index (Phi) is 8.06. The van der Waals surface area contributed by atoms with E-state index in [-0.39, 0.29) is 19.0 Å². The third kappa shape index (κ3) is 5.02. The molecule has 0 amide bonds. The number of aromatic amines is 2. The number of allylic oxidation sites excluding steroid dienone is 4. The smallest absolute Gasteiger partial charge is 0.305 e. The molecular weight excluding hydrogens is 524 g/mol. The average Bonchev–Trinajstić information content (AvgIpc) is 3.64. The normalized spacial score (nSPS) is 13.2. The molecule has 5 heterocycles. The molecule has 3 aromatic rings. The maximum atomic E-state index is 12.1. The van der Waals surface area contributed by atoms with Gasteiger partial charge in [0.1, 0.15) is 0 Å². The number of nitrogens with one attached hydrogen (secondary N) is 2. The van der Waals surface area contributed by atoms with Crippen LogP contribution in [0, 0.1) is 13.8 Å². The van der Waals surface area contributed by atoms with Crippen LogP contribution in [-0.2, 0) is 16.0 Å². The molecule has 0 unspecified atom stereocenters. The number of methoxy groups -OCH3 is 1. The number of rotatable bonds is 7. The fourth-order valence-electron chi connectivity index (χ4n) is 6.24. The zero-order valence-electron chi connectivity index (χ0n) is 25.7. The summed E-state index contributed by atoms with van der Waals surface area (Å²) in [5.41, 5.74) is 16.6. The van der Waals surface area contributed by atoms with Gasteiger partial charge in [0, 0.05) is 34.1 Å². The van der Waals surface area contributed by atoms with Crippen LogP contribution in [0.4, 0.5) is 0 Å². The van der Waals surface area contributed by atoms with Crippen LogP contribution in [0.3, 0.4) is 0 Å². The number of hydrogen-bond donors (Lipinski definition) is 3. The lowest BCUT2D eigenvalue weighted by atomic mass is 9.99. The van der Waals surface area contributed by atoms with Gasteiger partial charge in [-0.2, -0.15) is 0 Å². The summed E-state index contributed by atoms with van der Waals surface area (Å²) in [7, 11) is 1.41. The molecule has 0 atom stereocenters. The molecule has 3 N–H and O–H groups in total. The number of aliphatic hydroxyl groups excluding tert-OH is 1. The van der Waals surface area contributed by atoms with Gasteiger partial charge in [0.05, 0.1) is 36.5 Å². The second-order valence-electron chi connectivity index (χ2n) is 11.1. The third-order valence-electron chi connectivity index (χ3n) is 8.73. The van der Waals surface area contributed by atoms with Crippen molar-refractivity contribution in [3.63, 3.8) is 0 Å². The summed E-state index contributed by atoms with van der Waals surface area (Å²) in [6.07, 6.45) is 2.51. The van der Waals surface area contributed by atoms with Crippen LogP contribution in [0.1, 0.15) is 92.0 Å². The summed E-state index contributed by atoms with van der Waals surface area (Å²) in [5.74, 6) is -0.260. The molecule has 0 aliphatic carbocycles. The quantitative estimate of drug-likeness (QED) is 0.255. The van der Waals surface area contributed by atoms with E-state index in [1.165, 1.54) is 29.4 Å². The van der Waals surface area contributed by atoms with Gasteiger partial charge in [0.2, 0.25) is 0 Å². The molecular formula is C35H40N4O3. The number of nitrogens with zero attached hydrogens (tertiary/aromatic N) is 2. The van der Waals surface area contributed by atoms with E-state index >= 15 is 0 Å². The molecule has 218 valence electrons. The molecule has 7 heteroatoms. The molecule has 0 fully saturated rings. The number of fused-ring (bicyclic) bond motifs is 8. The molecule has 2 aliphatic rings. The Labute approximate surface area is 247 Å². The first-order valence-corrected chi connectivity index (χ1v) is 14.6. The molecule has 7 nitrogen and oxygen atoms in total. The van der Waals surface area contributed by atoms with Crippen molar-refractivity contribution in [2.75, 3.05) is 13.7 Å². The Balaban J connectivity index is 1.94. The standard InChI is InChI=1S/C35H40N4O3/c1-9-23-19(4)26-13-27-21(6)25(11-12-34(41)42-8)32(38-27)16-33-35(18(3)17-40)22(7)29(39-33)15-31-24(10-2)20(5)28(37-31)14-30(23)36-26/h13-16,36,39-40H,3,9-12,17H2,1-2,4-8H3. The van der Waals surface area contributed by atoms with Crippen LogP contribution >= 0.6 is 0 Å². The second-order valence-corrected chi connectivity index (χ2v) is 11.1. The Hall–Kier alpha value is -4.23. The van der Waals surface area contributed by atoms with Gasteiger partial charge in [-0.3, -0.25) is 4.79 Å². The number of carbonyl (C=O) groups excluding carboxylic acids is 1. The minimum absolute atomic E-state index is 0.165. The van der Waals surface area contributed by atoms with Crippen molar-refractivity contribution in [2.45, 2.75) is 67.2 Å². The fraction of sp³-hybridized carbons (Fsp3) is 0.343. The second kappa shape index (κ2) is 11.6. The van der Waals surface area contributed by atoms with Gasteiger partial charge in [-0.05, 0) is 116 Å². The van der Waals surface area contributed by atoms with Crippen molar-refractivity contribution >= 4 is 55.9 Å². The van der Waals surface area contributed by atoms with Crippen LogP contribution in [0.5, 0.6) is 0 Å². The molecule has 0 spiro atoms. The molecule has 5 rings (SSSR count). The lowest BCUT2D eigenvalue weighted by molar-refractivity contribution is -0.140. The van der Waals surface area contributed by atoms with Gasteiger partial charge in [-0.1, -0.05) is 20.4 Å². The topological polar surface area (TPSA) is 104 Å². The predicted molar refractivity (Wildman–Crippen MR) is 172 cm³/mol. The van der Waals surface area contributed by atoms with E-state index < -0.39 is 0 Å². The molecule has 0 saturated carbocycles. The maximum absolute atomic E-state index is 12.1. The lowest BCUT2D eigenvalue weighted by Gasteiger charge is -2.05. The Bertz CT molecular complexity index is 1850. The number of carbonyl (C=O) groups is 1. The molecule has 2 aliphatic heterocycles. The first kappa shape index (κ1) is 29.3. The van der Waals surface area contributed by atoms with Gasteiger partial charge in [-0.25, -0.2) is 9.97 Å². The maximum Gasteiger partial charge on any atom is 0.305 e. The highest BCUT2D eigenvalue weighted by molar-refractivity contribution is 5.96. The van der Waals surface area contributed by atoms with Crippen molar-refractivity contribution in [2.24, 2.45) is 0 Å². The Morgan fingerprint density at radius 2 is 1.36 bits per heavy atom. The molecule has 0 saturated heterocycles. The van der Waals surface area contributed by atoms with Gasteiger partial charge < -0.3 is 19.8 Å². The number of aryl methyl sites for hydroxylation is 3. The van der Waals surface area contributed by atoms with Gasteiger partial charge in [0.25, 0.3) is 0 Å². The summed E-state index contributed by atoms with van der Waals surface area (Å²) in [6, 6.07) is 8.38. The summed E-state index contributed by atoms with van der Waals surface area (Å²) in [4.78, 5) is 29.6. The highest BCUT2D eigenvalue weighted by atomic mass is 16.5. The summed E-state index contributed by atoms with van der Waals surface area (Å²) < 4.78 is 4.94. The third-order valence-corrected chi connectivity index (χ3v) is 8.73. The predicted octanol–water partition coefficient (Wildman–Crippen LogP) is 7.72. The van der Waals surface area contributed by atoms with Crippen LogP contribution in [-0.4, -0.2) is 44.7 Å². The fourth-order valence-corrected chi connectivity index (χ4v) is 6.24. The number of ether oxygens (including phenoxy) is 1. The summed E-state index contributed by atoms with van der Waals surface area (Å²) >= 11 is 0. The lowest BCUT2D eigenvalue weighted by Crippen LogP contribution is -2.00. The van der Waals surface area contributed by atoms with E-state index in [0.29, 0.717) is 12.0 Å². The van der Waals surface area contributed by atoms with Crippen molar-refractivity contribution in [3.05, 3.63) is 75.9 Å². The minimum atomic E-state index is -0.260. The monoisotopic (exact) mass is 564 g/mol. The van der Waals surface area contributed by atoms with Crippen LogP contribution in [0.25, 0.3) is 49.9 Å². The van der Waals surface area contributed by atoms with E-state index in [1.807, 2.05) is 13.0 Å². The van der Waals surface area contributed by atoms with Crippen molar-refractivity contribution < 1.29 is 14.6 Å². The van der Waals surface area contributed by atoms with Crippen LogP contribution in [0.15, 0.2) is 30.8 Å². The largest absolute Gasteiger partial charge is 0.469 e. The van der Waals surface area contributed by atoms with E-state index in [4.69, 9.17) is 14.7 Å². The van der Waals surface area contributed by atoms with Crippen molar-refractivity contribution in [1.29, 1.82) is 0 Å². The molecule has 3 aromatic heterocycles. The SMILES string of the molecule is C=C(CO)c1c(C)c2cc3nc(cc4[nH]c(cc5nc(cc1[nH]2)C(CCC(=O)OC)=C5C)c(C)c4CC)C(C)=C3CC. The zero-order valence-corrected chi connectivity index (χ0v) is 25.7. The Morgan fingerprint density at radius 3 is 1.98 bits per heavy atom. The highest BCUT2D eigenvalue weighted by Crippen LogP contribution is 2.37. The number of aromatic nitrogens is 4. The number of esters is 1. The molecule has 8 bridgehead atoms. The van der Waals surface area contributed by atoms with Crippen LogP contribution < -0.4 is 0 Å². The molecule has 0 aromatic carbocycles. The van der Waals surface area contributed by atoms with E-state index in [1.54, 1.807) is 0 Å². The summed E-state index contributed by atoms with van der Waals surface area (Å²) in [5, 5.41) is 10.1. The minimum Gasteiger partial charge on any atom is -0.469 e. The van der Waals surface area contributed by atoms with E-state index in [2.05, 4.69) is 69.4 Å². The first-order valence-electron chi connectivity index (χ1n) is 14.6. The zero-order chi connectivity index (χ0) is 30.3. The molecule has 42 heavy (non-hydrogen) atoms. The van der Waals surface area contributed by atoms with Gasteiger partial charge >= 0.3 is 5.97 Å². The number of H-pyrrole nitrogens is 2. The van der Waals surface area contributed by atoms with E-state index in [0.717, 1.165) is 80.0 Å². The molecule has 0 radical (unpaired) electrons. The number of hydrogen-bond acceptors (Lipinski definition) is 5. The van der Waals surface area contributed by atoms with Crippen molar-refractivity contribution in [1.82, 2.24) is 19.9 Å². The Morgan fingerprint density at radius 1 is 0.810 bits per heavy atom. The van der Waals surface area contributed by atoms with E-state index in [9.17, 15) is 9.90 Å². The van der Waals surface area contributed by atoms with Gasteiger partial charge in [-0.15, -0.1) is 0 Å². The highest BCUT2D eigenvalue weighted by Gasteiger charge is 2.21. The average molecular weight is 565 g/mol. The van der Waals surface area contributed by atoms with Crippen LogP contribution in [0.2, 0.25) is 0 Å². The van der Waals surface area contributed by atoms with Crippen molar-refractivity contribution in [3.8, 4) is 0 Å². The first-order chi connectivity index (χ1) is 20.1. The number of aliphatic hydroxyl groups is 1. The summed E-state index contributed by atoms with van der Waals surface area (Å²) in [6.45, 7) is 16.7. The van der Waals surface area contributed by atoms with Gasteiger partial charge in [0.15, 0.2) is 0 Å².